The number of hydrazone groups is 1. The van der Waals surface area contributed by atoms with E-state index in [9.17, 15) is 19.6 Å². The zero-order valence-corrected chi connectivity index (χ0v) is 23.6. The molecule has 11 nitrogen and oxygen atoms in total. The lowest BCUT2D eigenvalue weighted by Gasteiger charge is -2.13. The Hall–Kier alpha value is -4.60. The van der Waals surface area contributed by atoms with Gasteiger partial charge in [-0.1, -0.05) is 29.8 Å². The zero-order chi connectivity index (χ0) is 29.1. The predicted molar refractivity (Wildman–Crippen MR) is 150 cm³/mol. The molecule has 0 atom stereocenters. The van der Waals surface area contributed by atoms with Crippen molar-refractivity contribution in [1.82, 2.24) is 10.4 Å². The molecule has 1 aromatic heterocycles. The fraction of sp³-hybridized carbons (Fsp3) is 0.214. The number of anilines is 1. The molecular formula is C28H26BrN5O6. The van der Waals surface area contributed by atoms with Crippen LogP contribution in [0.1, 0.15) is 38.3 Å². The summed E-state index contributed by atoms with van der Waals surface area (Å²) >= 11 is 3.39. The van der Waals surface area contributed by atoms with Gasteiger partial charge in [-0.25, -0.2) is 15.2 Å². The third-order valence-corrected chi connectivity index (χ3v) is 6.38. The summed E-state index contributed by atoms with van der Waals surface area (Å²) in [6.07, 6.45) is 1.38. The Labute approximate surface area is 239 Å². The zero-order valence-electron chi connectivity index (χ0n) is 22.0. The quantitative estimate of drug-likeness (QED) is 0.190. The number of rotatable bonds is 11. The molecule has 3 rings (SSSR count). The second kappa shape index (κ2) is 14.5. The molecule has 0 fully saturated rings. The normalized spacial score (nSPS) is 10.6. The number of hydrogen-bond acceptors (Lipinski definition) is 9. The van der Waals surface area contributed by atoms with Gasteiger partial charge in [-0.3, -0.25) is 9.59 Å². The number of benzene rings is 2. The number of carbonyl (C=O) groups excluding carboxylic acids is 3. The Bertz CT molecular complexity index is 1450. The van der Waals surface area contributed by atoms with Gasteiger partial charge in [-0.15, -0.1) is 0 Å². The van der Waals surface area contributed by atoms with Gasteiger partial charge in [-0.2, -0.15) is 10.4 Å². The molecular weight excluding hydrogens is 582 g/mol. The molecule has 206 valence electrons. The number of hydrogen-bond donors (Lipinski definition) is 2. The van der Waals surface area contributed by atoms with Crippen LogP contribution in [-0.4, -0.2) is 49.3 Å². The summed E-state index contributed by atoms with van der Waals surface area (Å²) in [7, 11) is 1.50. The van der Waals surface area contributed by atoms with E-state index in [1.165, 1.54) is 25.5 Å². The van der Waals surface area contributed by atoms with Crippen LogP contribution in [0.25, 0.3) is 0 Å². The number of nitrogens with zero attached hydrogens (tertiary/aromatic N) is 3. The minimum Gasteiger partial charge on any atom is -0.467 e. The molecule has 12 heteroatoms. The van der Waals surface area contributed by atoms with E-state index < -0.39 is 31.0 Å². The van der Waals surface area contributed by atoms with Crippen LogP contribution in [0.3, 0.4) is 0 Å². The van der Waals surface area contributed by atoms with Crippen molar-refractivity contribution >= 4 is 45.6 Å². The van der Waals surface area contributed by atoms with Gasteiger partial charge >= 0.3 is 5.97 Å². The van der Waals surface area contributed by atoms with Gasteiger partial charge in [0.05, 0.1) is 24.1 Å². The highest BCUT2D eigenvalue weighted by Crippen LogP contribution is 2.29. The lowest BCUT2D eigenvalue weighted by Crippen LogP contribution is -2.25. The number of methoxy groups -OCH3 is 1. The first-order valence-electron chi connectivity index (χ1n) is 11.9. The summed E-state index contributed by atoms with van der Waals surface area (Å²) in [6, 6.07) is 15.5. The Kier molecular flexibility index (Phi) is 10.9. The highest BCUT2D eigenvalue weighted by Gasteiger charge is 2.18. The maximum atomic E-state index is 12.3. The minimum absolute atomic E-state index is 0.0180. The van der Waals surface area contributed by atoms with Crippen molar-refractivity contribution in [1.29, 1.82) is 5.26 Å². The minimum atomic E-state index is -0.657. The second-order valence-corrected chi connectivity index (χ2v) is 9.20. The van der Waals surface area contributed by atoms with Gasteiger partial charge in [-0.05, 0) is 59.6 Å². The fourth-order valence-electron chi connectivity index (χ4n) is 3.31. The molecule has 2 N–H and O–H groups in total. The van der Waals surface area contributed by atoms with Gasteiger partial charge in [0.2, 0.25) is 5.88 Å². The van der Waals surface area contributed by atoms with Crippen LogP contribution in [0.4, 0.5) is 5.69 Å². The molecule has 0 aliphatic rings. The van der Waals surface area contributed by atoms with Crippen molar-refractivity contribution in [2.24, 2.45) is 5.10 Å². The molecule has 0 saturated heterocycles. The van der Waals surface area contributed by atoms with Crippen LogP contribution >= 0.6 is 15.9 Å². The van der Waals surface area contributed by atoms with E-state index in [0.717, 1.165) is 5.56 Å². The highest BCUT2D eigenvalue weighted by atomic mass is 79.9. The summed E-state index contributed by atoms with van der Waals surface area (Å²) in [4.78, 5) is 40.7. The number of aryl methyl sites for hydroxylation is 2. The van der Waals surface area contributed by atoms with E-state index in [0.29, 0.717) is 27.0 Å². The number of nitriles is 1. The standard InChI is InChI=1S/C28H26BrN5O6/c1-17-4-10-21(11-5-17)33-24(35)15-40-28(37)20-8-6-19(7-9-20)13-31-34-25(36)16-39-27-22(12-30)23(14-38-3)26(29)18(2)32-27/h4-11,13H,14-16H2,1-3H3,(H,33,35)(H,34,36)/b31-13+. The van der Waals surface area contributed by atoms with E-state index in [-0.39, 0.29) is 23.6 Å². The van der Waals surface area contributed by atoms with Crippen LogP contribution < -0.4 is 15.5 Å². The molecule has 2 aromatic carbocycles. The predicted octanol–water partition coefficient (Wildman–Crippen LogP) is 3.80. The van der Waals surface area contributed by atoms with Crippen molar-refractivity contribution < 1.29 is 28.6 Å². The third-order valence-electron chi connectivity index (χ3n) is 5.33. The summed E-state index contributed by atoms with van der Waals surface area (Å²) in [6.45, 7) is 2.99. The van der Waals surface area contributed by atoms with Crippen molar-refractivity contribution in [2.75, 3.05) is 25.6 Å². The summed E-state index contributed by atoms with van der Waals surface area (Å²) < 4.78 is 16.3. The average Bonchev–Trinajstić information content (AvgIpc) is 2.95. The molecule has 0 unspecified atom stereocenters. The van der Waals surface area contributed by atoms with E-state index in [2.05, 4.69) is 36.8 Å². The smallest absolute Gasteiger partial charge is 0.338 e. The SMILES string of the molecule is COCc1c(Br)c(C)nc(OCC(=O)N/N=C/c2ccc(C(=O)OCC(=O)Nc3ccc(C)cc3)cc2)c1C#N. The van der Waals surface area contributed by atoms with E-state index in [1.54, 1.807) is 31.2 Å². The summed E-state index contributed by atoms with van der Waals surface area (Å²) in [5.41, 5.74) is 6.15. The Morgan fingerprint density at radius 3 is 2.40 bits per heavy atom. The van der Waals surface area contributed by atoms with Crippen molar-refractivity contribution in [3.05, 3.63) is 86.5 Å². The first-order valence-corrected chi connectivity index (χ1v) is 12.7. The average molecular weight is 608 g/mol. The van der Waals surface area contributed by atoms with Gasteiger partial charge in [0, 0.05) is 22.8 Å². The number of amides is 2. The van der Waals surface area contributed by atoms with E-state index in [1.807, 2.05) is 25.1 Å². The summed E-state index contributed by atoms with van der Waals surface area (Å²) in [5.74, 6) is -1.66. The molecule has 2 amide bonds. The van der Waals surface area contributed by atoms with Crippen molar-refractivity contribution in [3.63, 3.8) is 0 Å². The van der Waals surface area contributed by atoms with Crippen molar-refractivity contribution in [2.45, 2.75) is 20.5 Å². The van der Waals surface area contributed by atoms with Crippen LogP contribution in [0, 0.1) is 25.2 Å². The Balaban J connectivity index is 1.47. The van der Waals surface area contributed by atoms with Gasteiger partial charge in [0.15, 0.2) is 13.2 Å². The largest absolute Gasteiger partial charge is 0.467 e. The molecule has 0 bridgehead atoms. The maximum absolute atomic E-state index is 12.3. The van der Waals surface area contributed by atoms with Crippen LogP contribution in [-0.2, 0) is 25.7 Å². The number of pyridine rings is 1. The van der Waals surface area contributed by atoms with E-state index in [4.69, 9.17) is 14.2 Å². The molecule has 1 heterocycles. The van der Waals surface area contributed by atoms with Crippen LogP contribution in [0.15, 0.2) is 58.1 Å². The Morgan fingerprint density at radius 1 is 1.05 bits per heavy atom. The number of nitrogens with one attached hydrogen (secondary N) is 2. The van der Waals surface area contributed by atoms with Crippen molar-refractivity contribution in [3.8, 4) is 11.9 Å². The first-order chi connectivity index (χ1) is 19.2. The van der Waals surface area contributed by atoms with Gasteiger partial charge < -0.3 is 19.5 Å². The van der Waals surface area contributed by atoms with Gasteiger partial charge in [0.25, 0.3) is 11.8 Å². The molecule has 0 spiro atoms. The number of carbonyl (C=O) groups is 3. The fourth-order valence-corrected chi connectivity index (χ4v) is 3.71. The van der Waals surface area contributed by atoms with E-state index >= 15 is 0 Å². The number of halogens is 1. The summed E-state index contributed by atoms with van der Waals surface area (Å²) in [5, 5.41) is 16.0. The number of esters is 1. The highest BCUT2D eigenvalue weighted by molar-refractivity contribution is 9.10. The Morgan fingerprint density at radius 2 is 1.75 bits per heavy atom. The first kappa shape index (κ1) is 29.9. The lowest BCUT2D eigenvalue weighted by atomic mass is 10.1. The number of aromatic nitrogens is 1. The topological polar surface area (TPSA) is 152 Å². The maximum Gasteiger partial charge on any atom is 0.338 e. The van der Waals surface area contributed by atoms with Gasteiger partial charge in [0.1, 0.15) is 11.6 Å². The molecule has 0 radical (unpaired) electrons. The number of ether oxygens (including phenoxy) is 3. The molecule has 0 saturated carbocycles. The monoisotopic (exact) mass is 607 g/mol. The third kappa shape index (κ3) is 8.45. The van der Waals surface area contributed by atoms with Crippen LogP contribution in [0.2, 0.25) is 0 Å². The molecule has 0 aliphatic heterocycles. The van der Waals surface area contributed by atoms with Crippen LogP contribution in [0.5, 0.6) is 5.88 Å². The lowest BCUT2D eigenvalue weighted by molar-refractivity contribution is -0.123. The second-order valence-electron chi connectivity index (χ2n) is 8.41. The molecule has 40 heavy (non-hydrogen) atoms. The molecule has 0 aliphatic carbocycles. The molecule has 3 aromatic rings.